The third kappa shape index (κ3) is 3.18. The van der Waals surface area contributed by atoms with Crippen LogP contribution >= 0.6 is 11.3 Å². The Bertz CT molecular complexity index is 949. The molecule has 1 aliphatic rings. The predicted octanol–water partition coefficient (Wildman–Crippen LogP) is 3.65. The zero-order valence-electron chi connectivity index (χ0n) is 13.4. The van der Waals surface area contributed by atoms with E-state index in [4.69, 9.17) is 10.5 Å². The average molecular weight is 352 g/mol. The van der Waals surface area contributed by atoms with Crippen LogP contribution in [-0.2, 0) is 0 Å². The molecule has 0 saturated heterocycles. The van der Waals surface area contributed by atoms with Gasteiger partial charge in [0.25, 0.3) is 0 Å². The van der Waals surface area contributed by atoms with Crippen molar-refractivity contribution < 1.29 is 9.53 Å². The van der Waals surface area contributed by atoms with Crippen molar-refractivity contribution in [1.29, 1.82) is 0 Å². The molecule has 3 aromatic rings. The molecule has 126 valence electrons. The SMILES string of the molecule is NC(=O)N1CC=C(c2ccc(Oc3ncnc4sccc34)cc2)CC1. The minimum Gasteiger partial charge on any atom is -0.438 e. The smallest absolute Gasteiger partial charge is 0.315 e. The Hall–Kier alpha value is -2.93. The van der Waals surface area contributed by atoms with Gasteiger partial charge < -0.3 is 15.4 Å². The van der Waals surface area contributed by atoms with E-state index in [2.05, 4.69) is 9.97 Å². The molecule has 0 bridgehead atoms. The van der Waals surface area contributed by atoms with Gasteiger partial charge in [-0.1, -0.05) is 18.2 Å². The molecule has 7 heteroatoms. The molecule has 2 N–H and O–H groups in total. The molecule has 1 aliphatic heterocycles. The topological polar surface area (TPSA) is 81.3 Å². The first kappa shape index (κ1) is 15.6. The largest absolute Gasteiger partial charge is 0.438 e. The summed E-state index contributed by atoms with van der Waals surface area (Å²) in [6.45, 7) is 1.20. The number of rotatable bonds is 3. The Labute approximate surface area is 148 Å². The summed E-state index contributed by atoms with van der Waals surface area (Å²) in [5.41, 5.74) is 7.65. The number of hydrogen-bond acceptors (Lipinski definition) is 5. The van der Waals surface area contributed by atoms with Gasteiger partial charge in [-0.15, -0.1) is 11.3 Å². The molecular weight excluding hydrogens is 336 g/mol. The van der Waals surface area contributed by atoms with Gasteiger partial charge in [0.05, 0.1) is 5.39 Å². The summed E-state index contributed by atoms with van der Waals surface area (Å²) in [7, 11) is 0. The highest BCUT2D eigenvalue weighted by atomic mass is 32.1. The fourth-order valence-corrected chi connectivity index (χ4v) is 3.55. The molecule has 3 heterocycles. The van der Waals surface area contributed by atoms with Crippen molar-refractivity contribution in [3.05, 3.63) is 53.7 Å². The van der Waals surface area contributed by atoms with Crippen LogP contribution in [0, 0.1) is 0 Å². The van der Waals surface area contributed by atoms with Crippen molar-refractivity contribution >= 4 is 33.2 Å². The lowest BCUT2D eigenvalue weighted by Gasteiger charge is -2.24. The highest BCUT2D eigenvalue weighted by Gasteiger charge is 2.15. The van der Waals surface area contributed by atoms with Crippen LogP contribution in [0.5, 0.6) is 11.6 Å². The van der Waals surface area contributed by atoms with Crippen LogP contribution in [0.25, 0.3) is 15.8 Å². The van der Waals surface area contributed by atoms with E-state index in [1.807, 2.05) is 41.8 Å². The molecule has 25 heavy (non-hydrogen) atoms. The van der Waals surface area contributed by atoms with Crippen molar-refractivity contribution in [3.8, 4) is 11.6 Å². The molecule has 4 rings (SSSR count). The maximum Gasteiger partial charge on any atom is 0.315 e. The number of thiophene rings is 1. The maximum absolute atomic E-state index is 11.2. The van der Waals surface area contributed by atoms with Crippen LogP contribution in [0.15, 0.2) is 48.1 Å². The summed E-state index contributed by atoms with van der Waals surface area (Å²) in [4.78, 5) is 22.2. The number of urea groups is 1. The lowest BCUT2D eigenvalue weighted by Crippen LogP contribution is -2.38. The second kappa shape index (κ2) is 6.52. The summed E-state index contributed by atoms with van der Waals surface area (Å²) in [5, 5.41) is 2.89. The Morgan fingerprint density at radius 3 is 2.76 bits per heavy atom. The van der Waals surface area contributed by atoms with E-state index >= 15 is 0 Å². The number of carbonyl (C=O) groups excluding carboxylic acids is 1. The van der Waals surface area contributed by atoms with Crippen molar-refractivity contribution in [2.75, 3.05) is 13.1 Å². The van der Waals surface area contributed by atoms with Crippen molar-refractivity contribution in [1.82, 2.24) is 14.9 Å². The van der Waals surface area contributed by atoms with E-state index in [9.17, 15) is 4.79 Å². The third-order valence-corrected chi connectivity index (χ3v) is 5.01. The van der Waals surface area contributed by atoms with Crippen molar-refractivity contribution in [3.63, 3.8) is 0 Å². The Morgan fingerprint density at radius 2 is 2.04 bits per heavy atom. The van der Waals surface area contributed by atoms with E-state index < -0.39 is 0 Å². The van der Waals surface area contributed by atoms with Crippen LogP contribution in [0.4, 0.5) is 4.79 Å². The summed E-state index contributed by atoms with van der Waals surface area (Å²) in [5.74, 6) is 1.29. The number of primary amides is 1. The molecule has 0 radical (unpaired) electrons. The maximum atomic E-state index is 11.2. The van der Waals surface area contributed by atoms with E-state index in [1.54, 1.807) is 16.2 Å². The van der Waals surface area contributed by atoms with Crippen LogP contribution < -0.4 is 10.5 Å². The molecular formula is C18H16N4O2S. The Morgan fingerprint density at radius 1 is 1.20 bits per heavy atom. The standard InChI is InChI=1S/C18H16N4O2S/c19-18(23)22-8-5-13(6-9-22)12-1-3-14(4-2-12)24-16-15-7-10-25-17(15)21-11-20-16/h1-5,7,10-11H,6,8-9H2,(H2,19,23). The van der Waals surface area contributed by atoms with Gasteiger partial charge in [-0.05, 0) is 41.1 Å². The molecule has 2 amide bonds. The first-order valence-electron chi connectivity index (χ1n) is 7.90. The summed E-state index contributed by atoms with van der Waals surface area (Å²) >= 11 is 1.56. The lowest BCUT2D eigenvalue weighted by atomic mass is 9.99. The molecule has 1 aromatic carbocycles. The first-order chi connectivity index (χ1) is 12.2. The lowest BCUT2D eigenvalue weighted by molar-refractivity contribution is 0.213. The summed E-state index contributed by atoms with van der Waals surface area (Å²) < 4.78 is 5.91. The number of aromatic nitrogens is 2. The highest BCUT2D eigenvalue weighted by Crippen LogP contribution is 2.30. The van der Waals surface area contributed by atoms with Crippen LogP contribution in [-0.4, -0.2) is 34.0 Å². The number of amides is 2. The molecule has 2 aromatic heterocycles. The normalized spacial score (nSPS) is 14.4. The number of nitrogens with two attached hydrogens (primary N) is 1. The van der Waals surface area contributed by atoms with E-state index in [0.717, 1.165) is 28.0 Å². The molecule has 0 fully saturated rings. The molecule has 0 spiro atoms. The molecule has 6 nitrogen and oxygen atoms in total. The number of benzene rings is 1. The van der Waals surface area contributed by atoms with Gasteiger partial charge in [0.1, 0.15) is 16.9 Å². The van der Waals surface area contributed by atoms with Crippen LogP contribution in [0.1, 0.15) is 12.0 Å². The third-order valence-electron chi connectivity index (χ3n) is 4.19. The number of nitrogens with zero attached hydrogens (tertiary/aromatic N) is 3. The monoisotopic (exact) mass is 352 g/mol. The molecule has 0 saturated carbocycles. The minimum absolute atomic E-state index is 0.372. The number of ether oxygens (including phenoxy) is 1. The van der Waals surface area contributed by atoms with Gasteiger partial charge in [-0.2, -0.15) is 0 Å². The zero-order valence-corrected chi connectivity index (χ0v) is 14.2. The van der Waals surface area contributed by atoms with Gasteiger partial charge in [-0.3, -0.25) is 0 Å². The number of carbonyl (C=O) groups is 1. The van der Waals surface area contributed by atoms with Gasteiger partial charge >= 0.3 is 6.03 Å². The fraction of sp³-hybridized carbons (Fsp3) is 0.167. The highest BCUT2D eigenvalue weighted by molar-refractivity contribution is 7.16. The molecule has 0 aliphatic carbocycles. The Balaban J connectivity index is 1.51. The van der Waals surface area contributed by atoms with Crippen LogP contribution in [0.2, 0.25) is 0 Å². The average Bonchev–Trinajstić information content (AvgIpc) is 3.12. The predicted molar refractivity (Wildman–Crippen MR) is 97.7 cm³/mol. The van der Waals surface area contributed by atoms with Crippen LogP contribution in [0.3, 0.4) is 0 Å². The fourth-order valence-electron chi connectivity index (χ4n) is 2.83. The van der Waals surface area contributed by atoms with Gasteiger partial charge in [0.2, 0.25) is 5.88 Å². The molecule has 0 unspecified atom stereocenters. The van der Waals surface area contributed by atoms with E-state index in [-0.39, 0.29) is 6.03 Å². The quantitative estimate of drug-likeness (QED) is 0.780. The summed E-state index contributed by atoms with van der Waals surface area (Å²) in [6.07, 6.45) is 4.36. The van der Waals surface area contributed by atoms with Crippen molar-refractivity contribution in [2.45, 2.75) is 6.42 Å². The Kier molecular flexibility index (Phi) is 4.07. The molecule has 0 atom stereocenters. The van der Waals surface area contributed by atoms with E-state index in [0.29, 0.717) is 19.0 Å². The summed E-state index contributed by atoms with van der Waals surface area (Å²) in [6, 6.07) is 9.48. The first-order valence-corrected chi connectivity index (χ1v) is 8.78. The second-order valence-corrected chi connectivity index (χ2v) is 6.60. The van der Waals surface area contributed by atoms with Gasteiger partial charge in [-0.25, -0.2) is 14.8 Å². The van der Waals surface area contributed by atoms with E-state index in [1.165, 1.54) is 11.9 Å². The minimum atomic E-state index is -0.372. The second-order valence-electron chi connectivity index (χ2n) is 5.71. The zero-order chi connectivity index (χ0) is 17.2. The van der Waals surface area contributed by atoms with Gasteiger partial charge in [0.15, 0.2) is 0 Å². The van der Waals surface area contributed by atoms with Crippen molar-refractivity contribution in [2.24, 2.45) is 5.73 Å². The van der Waals surface area contributed by atoms with Gasteiger partial charge in [0, 0.05) is 13.1 Å². The number of fused-ring (bicyclic) bond motifs is 1. The number of hydrogen-bond donors (Lipinski definition) is 1.